The minimum Gasteiger partial charge on any atom is -0.476 e. The molecule has 5 nitrogen and oxygen atoms in total. The molecule has 0 aliphatic carbocycles. The van der Waals surface area contributed by atoms with Crippen molar-refractivity contribution in [2.45, 2.75) is 27.2 Å². The lowest BCUT2D eigenvalue weighted by Crippen LogP contribution is -2.14. The van der Waals surface area contributed by atoms with Crippen LogP contribution in [0.25, 0.3) is 0 Å². The average molecular weight is 223 g/mol. The molecular formula is C11H17N3O2. The molecule has 5 heteroatoms. The number of anilines is 1. The highest BCUT2D eigenvalue weighted by molar-refractivity contribution is 5.85. The first-order valence-electron chi connectivity index (χ1n) is 5.18. The fourth-order valence-electron chi connectivity index (χ4n) is 1.12. The predicted octanol–water partition coefficient (Wildman–Crippen LogP) is 2.02. The number of carboxylic acids is 1. The van der Waals surface area contributed by atoms with E-state index < -0.39 is 5.97 Å². The molecule has 0 saturated heterocycles. The molecule has 1 aromatic rings. The molecule has 0 atom stereocenters. The molecule has 1 rings (SSSR count). The summed E-state index contributed by atoms with van der Waals surface area (Å²) in [5.74, 6) is -0.559. The van der Waals surface area contributed by atoms with Crippen molar-refractivity contribution in [3.63, 3.8) is 0 Å². The van der Waals surface area contributed by atoms with Gasteiger partial charge in [-0.15, -0.1) is 0 Å². The quantitative estimate of drug-likeness (QED) is 0.816. The first kappa shape index (κ1) is 12.4. The highest BCUT2D eigenvalue weighted by atomic mass is 16.4. The normalized spacial score (nSPS) is 11.2. The van der Waals surface area contributed by atoms with Gasteiger partial charge in [0, 0.05) is 6.54 Å². The molecule has 0 saturated carbocycles. The van der Waals surface area contributed by atoms with Crippen LogP contribution in [0, 0.1) is 5.41 Å². The van der Waals surface area contributed by atoms with Crippen LogP contribution >= 0.6 is 0 Å². The van der Waals surface area contributed by atoms with Crippen LogP contribution in [0.2, 0.25) is 0 Å². The number of nitrogens with one attached hydrogen (secondary N) is 1. The zero-order chi connectivity index (χ0) is 12.2. The van der Waals surface area contributed by atoms with Crippen molar-refractivity contribution in [3.8, 4) is 0 Å². The van der Waals surface area contributed by atoms with E-state index in [4.69, 9.17) is 5.11 Å². The molecule has 16 heavy (non-hydrogen) atoms. The molecule has 0 radical (unpaired) electrons. The zero-order valence-electron chi connectivity index (χ0n) is 9.82. The molecule has 0 unspecified atom stereocenters. The Morgan fingerprint density at radius 2 is 2.12 bits per heavy atom. The van der Waals surface area contributed by atoms with E-state index in [0.29, 0.717) is 5.82 Å². The summed E-state index contributed by atoms with van der Waals surface area (Å²) < 4.78 is 0. The summed E-state index contributed by atoms with van der Waals surface area (Å²) in [6.45, 7) is 7.19. The lowest BCUT2D eigenvalue weighted by Gasteiger charge is -2.18. The lowest BCUT2D eigenvalue weighted by atomic mass is 9.92. The van der Waals surface area contributed by atoms with Gasteiger partial charge in [-0.1, -0.05) is 20.8 Å². The fraction of sp³-hybridized carbons (Fsp3) is 0.545. The van der Waals surface area contributed by atoms with Gasteiger partial charge in [-0.05, 0) is 11.8 Å². The number of carboxylic acid groups (broad SMARTS) is 1. The maximum absolute atomic E-state index is 10.7. The van der Waals surface area contributed by atoms with Gasteiger partial charge >= 0.3 is 5.97 Å². The van der Waals surface area contributed by atoms with Gasteiger partial charge in [-0.25, -0.2) is 9.78 Å². The number of hydrogen-bond donors (Lipinski definition) is 2. The van der Waals surface area contributed by atoms with Crippen LogP contribution in [0.15, 0.2) is 12.4 Å². The van der Waals surface area contributed by atoms with Crippen LogP contribution in [-0.2, 0) is 0 Å². The van der Waals surface area contributed by atoms with Crippen molar-refractivity contribution >= 4 is 11.8 Å². The number of aromatic nitrogens is 2. The molecule has 1 aromatic heterocycles. The standard InChI is InChI=1S/C11H17N3O2/c1-11(2,3)4-5-13-9-7-12-6-8(14-9)10(15)16/h6-7H,4-5H2,1-3H3,(H,13,14)(H,15,16). The van der Waals surface area contributed by atoms with Gasteiger partial charge in [0.1, 0.15) is 5.82 Å². The second kappa shape index (κ2) is 4.92. The van der Waals surface area contributed by atoms with Crippen molar-refractivity contribution in [3.05, 3.63) is 18.1 Å². The molecule has 88 valence electrons. The molecule has 0 fully saturated rings. The first-order valence-corrected chi connectivity index (χ1v) is 5.18. The van der Waals surface area contributed by atoms with E-state index in [2.05, 4.69) is 36.1 Å². The van der Waals surface area contributed by atoms with Gasteiger partial charge in [0.05, 0.1) is 12.4 Å². The molecule has 0 aliphatic rings. The van der Waals surface area contributed by atoms with Crippen LogP contribution in [0.5, 0.6) is 0 Å². The van der Waals surface area contributed by atoms with Gasteiger partial charge in [0.25, 0.3) is 0 Å². The summed E-state index contributed by atoms with van der Waals surface area (Å²) >= 11 is 0. The number of carbonyl (C=O) groups is 1. The largest absolute Gasteiger partial charge is 0.476 e. The van der Waals surface area contributed by atoms with Crippen molar-refractivity contribution in [1.82, 2.24) is 9.97 Å². The summed E-state index contributed by atoms with van der Waals surface area (Å²) in [5, 5.41) is 11.8. The minimum atomic E-state index is -1.06. The Balaban J connectivity index is 2.55. The molecule has 0 bridgehead atoms. The van der Waals surface area contributed by atoms with Crippen LogP contribution < -0.4 is 5.32 Å². The maximum Gasteiger partial charge on any atom is 0.356 e. The summed E-state index contributed by atoms with van der Waals surface area (Å²) in [4.78, 5) is 18.4. The van der Waals surface area contributed by atoms with Gasteiger partial charge in [0.15, 0.2) is 5.69 Å². The van der Waals surface area contributed by atoms with Crippen molar-refractivity contribution in [2.24, 2.45) is 5.41 Å². The van der Waals surface area contributed by atoms with Crippen LogP contribution in [-0.4, -0.2) is 27.6 Å². The monoisotopic (exact) mass is 223 g/mol. The molecule has 0 aromatic carbocycles. The van der Waals surface area contributed by atoms with Gasteiger partial charge in [-0.3, -0.25) is 4.98 Å². The van der Waals surface area contributed by atoms with Crippen LogP contribution in [0.3, 0.4) is 0 Å². The number of aromatic carboxylic acids is 1. The second-order valence-corrected chi connectivity index (χ2v) is 4.83. The summed E-state index contributed by atoms with van der Waals surface area (Å²) in [7, 11) is 0. The molecule has 0 aliphatic heterocycles. The Hall–Kier alpha value is -1.65. The zero-order valence-corrected chi connectivity index (χ0v) is 9.82. The van der Waals surface area contributed by atoms with Gasteiger partial charge in [0.2, 0.25) is 0 Å². The fourth-order valence-corrected chi connectivity index (χ4v) is 1.12. The van der Waals surface area contributed by atoms with E-state index in [1.54, 1.807) is 0 Å². The molecule has 0 spiro atoms. The molecular weight excluding hydrogens is 206 g/mol. The summed E-state index contributed by atoms with van der Waals surface area (Å²) in [6, 6.07) is 0. The topological polar surface area (TPSA) is 75.1 Å². The maximum atomic E-state index is 10.7. The van der Waals surface area contributed by atoms with Crippen molar-refractivity contribution in [2.75, 3.05) is 11.9 Å². The van der Waals surface area contributed by atoms with Crippen LogP contribution in [0.4, 0.5) is 5.82 Å². The average Bonchev–Trinajstić information content (AvgIpc) is 2.16. The summed E-state index contributed by atoms with van der Waals surface area (Å²) in [5.41, 5.74) is 0.200. The Labute approximate surface area is 94.9 Å². The minimum absolute atomic E-state index is 0.0410. The molecule has 0 amide bonds. The summed E-state index contributed by atoms with van der Waals surface area (Å²) in [6.07, 6.45) is 3.73. The molecule has 1 heterocycles. The highest BCUT2D eigenvalue weighted by Crippen LogP contribution is 2.18. The van der Waals surface area contributed by atoms with E-state index in [0.717, 1.165) is 13.0 Å². The van der Waals surface area contributed by atoms with Crippen molar-refractivity contribution < 1.29 is 9.90 Å². The number of nitrogens with zero attached hydrogens (tertiary/aromatic N) is 2. The third-order valence-electron chi connectivity index (χ3n) is 2.03. The Kier molecular flexibility index (Phi) is 3.82. The van der Waals surface area contributed by atoms with Crippen molar-refractivity contribution in [1.29, 1.82) is 0 Å². The van der Waals surface area contributed by atoms with Crippen LogP contribution in [0.1, 0.15) is 37.7 Å². The van der Waals surface area contributed by atoms with Gasteiger partial charge in [-0.2, -0.15) is 0 Å². The number of rotatable bonds is 4. The van der Waals surface area contributed by atoms with E-state index >= 15 is 0 Å². The SMILES string of the molecule is CC(C)(C)CCNc1cncc(C(=O)O)n1. The van der Waals surface area contributed by atoms with E-state index in [9.17, 15) is 4.79 Å². The third kappa shape index (κ3) is 4.25. The van der Waals surface area contributed by atoms with E-state index in [-0.39, 0.29) is 11.1 Å². The lowest BCUT2D eigenvalue weighted by molar-refractivity contribution is 0.0690. The Morgan fingerprint density at radius 3 is 2.69 bits per heavy atom. The van der Waals surface area contributed by atoms with E-state index in [1.165, 1.54) is 12.4 Å². The Bertz CT molecular complexity index is 372. The smallest absolute Gasteiger partial charge is 0.356 e. The number of hydrogen-bond acceptors (Lipinski definition) is 4. The van der Waals surface area contributed by atoms with Gasteiger partial charge < -0.3 is 10.4 Å². The second-order valence-electron chi connectivity index (χ2n) is 4.83. The predicted molar refractivity (Wildman–Crippen MR) is 61.6 cm³/mol. The third-order valence-corrected chi connectivity index (χ3v) is 2.03. The first-order chi connectivity index (χ1) is 7.38. The van der Waals surface area contributed by atoms with E-state index in [1.807, 2.05) is 0 Å². The Morgan fingerprint density at radius 1 is 1.44 bits per heavy atom. The highest BCUT2D eigenvalue weighted by Gasteiger charge is 2.10. The molecule has 2 N–H and O–H groups in total.